The maximum Gasteiger partial charge on any atom is 0.276 e. The summed E-state index contributed by atoms with van der Waals surface area (Å²) in [6.45, 7) is 1.67. The van der Waals surface area contributed by atoms with Gasteiger partial charge in [0.15, 0.2) is 5.69 Å². The van der Waals surface area contributed by atoms with E-state index in [0.29, 0.717) is 23.1 Å². The van der Waals surface area contributed by atoms with Crippen molar-refractivity contribution in [1.29, 1.82) is 0 Å². The van der Waals surface area contributed by atoms with Crippen LogP contribution in [0.25, 0.3) is 0 Å². The second-order valence-electron chi connectivity index (χ2n) is 6.95. The lowest BCUT2D eigenvalue weighted by atomic mass is 9.61. The van der Waals surface area contributed by atoms with Crippen LogP contribution in [0.15, 0.2) is 10.6 Å². The van der Waals surface area contributed by atoms with Crippen molar-refractivity contribution >= 4 is 5.91 Å². The molecule has 1 saturated heterocycles. The van der Waals surface area contributed by atoms with Crippen LogP contribution < -0.4 is 0 Å². The van der Waals surface area contributed by atoms with Crippen molar-refractivity contribution in [2.75, 3.05) is 20.2 Å². The number of aromatic nitrogens is 1. The highest BCUT2D eigenvalue weighted by Gasteiger charge is 2.46. The molecule has 21 heavy (non-hydrogen) atoms. The van der Waals surface area contributed by atoms with E-state index in [0.717, 1.165) is 57.4 Å². The molecule has 3 fully saturated rings. The maximum absolute atomic E-state index is 12.5. The van der Waals surface area contributed by atoms with Gasteiger partial charge < -0.3 is 14.2 Å². The van der Waals surface area contributed by atoms with Crippen LogP contribution in [-0.2, 0) is 4.74 Å². The van der Waals surface area contributed by atoms with Crippen molar-refractivity contribution in [3.63, 3.8) is 0 Å². The van der Waals surface area contributed by atoms with E-state index in [1.165, 1.54) is 0 Å². The number of hydrogen-bond donors (Lipinski definition) is 0. The Bertz CT molecular complexity index is 533. The SMILES string of the molecule is COC1CC2(CCN(C(=O)c3cc(C4CC4)on3)CC2)C1. The molecule has 2 saturated carbocycles. The standard InChI is InChI=1S/C16H22N2O3/c1-20-12-9-16(10-12)4-6-18(7-5-16)15(19)13-8-14(21-17-13)11-2-3-11/h8,11-12H,2-7,9-10H2,1H3. The topological polar surface area (TPSA) is 55.6 Å². The molecule has 0 N–H and O–H groups in total. The Hall–Kier alpha value is -1.36. The molecule has 5 heteroatoms. The molecular weight excluding hydrogens is 268 g/mol. The van der Waals surface area contributed by atoms with Crippen molar-refractivity contribution < 1.29 is 14.1 Å². The van der Waals surface area contributed by atoms with Crippen LogP contribution in [0.4, 0.5) is 0 Å². The fourth-order valence-electron chi connectivity index (χ4n) is 3.78. The number of likely N-dealkylation sites (tertiary alicyclic amines) is 1. The average molecular weight is 290 g/mol. The van der Waals surface area contributed by atoms with Crippen LogP contribution >= 0.6 is 0 Å². The predicted molar refractivity (Wildman–Crippen MR) is 76.1 cm³/mol. The highest BCUT2D eigenvalue weighted by molar-refractivity contribution is 5.92. The lowest BCUT2D eigenvalue weighted by Gasteiger charge is -2.51. The van der Waals surface area contributed by atoms with Crippen LogP contribution in [0.2, 0.25) is 0 Å². The number of nitrogens with zero attached hydrogens (tertiary/aromatic N) is 2. The predicted octanol–water partition coefficient (Wildman–Crippen LogP) is 2.58. The van der Waals surface area contributed by atoms with Crippen LogP contribution in [-0.4, -0.2) is 42.3 Å². The van der Waals surface area contributed by atoms with Gasteiger partial charge in [0.2, 0.25) is 0 Å². The molecule has 5 nitrogen and oxygen atoms in total. The molecule has 1 spiro atoms. The summed E-state index contributed by atoms with van der Waals surface area (Å²) in [5.41, 5.74) is 0.914. The number of methoxy groups -OCH3 is 1. The molecule has 4 rings (SSSR count). The molecule has 114 valence electrons. The van der Waals surface area contributed by atoms with Crippen molar-refractivity contribution in [2.24, 2.45) is 5.41 Å². The zero-order valence-electron chi connectivity index (χ0n) is 12.5. The number of amides is 1. The minimum Gasteiger partial charge on any atom is -0.381 e. The third-order valence-electron chi connectivity index (χ3n) is 5.49. The number of carbonyl (C=O) groups excluding carboxylic acids is 1. The molecular formula is C16H22N2O3. The van der Waals surface area contributed by atoms with Gasteiger partial charge >= 0.3 is 0 Å². The van der Waals surface area contributed by atoms with Gasteiger partial charge in [0.1, 0.15) is 5.76 Å². The van der Waals surface area contributed by atoms with Gasteiger partial charge in [-0.05, 0) is 43.9 Å². The van der Waals surface area contributed by atoms with E-state index in [4.69, 9.17) is 9.26 Å². The molecule has 0 bridgehead atoms. The van der Waals surface area contributed by atoms with E-state index in [-0.39, 0.29) is 5.91 Å². The summed E-state index contributed by atoms with van der Waals surface area (Å²) in [7, 11) is 1.79. The molecule has 0 radical (unpaired) electrons. The Morgan fingerprint density at radius 1 is 1.38 bits per heavy atom. The quantitative estimate of drug-likeness (QED) is 0.858. The minimum absolute atomic E-state index is 0.0307. The van der Waals surface area contributed by atoms with E-state index < -0.39 is 0 Å². The Kier molecular flexibility index (Phi) is 3.06. The van der Waals surface area contributed by atoms with Gasteiger partial charge in [-0.3, -0.25) is 4.79 Å². The fraction of sp³-hybridized carbons (Fsp3) is 0.750. The lowest BCUT2D eigenvalue weighted by Crippen LogP contribution is -2.50. The number of rotatable bonds is 3. The van der Waals surface area contributed by atoms with E-state index in [1.54, 1.807) is 7.11 Å². The van der Waals surface area contributed by atoms with Gasteiger partial charge in [0.05, 0.1) is 6.10 Å². The van der Waals surface area contributed by atoms with E-state index in [9.17, 15) is 4.79 Å². The normalized spacial score (nSPS) is 25.1. The number of carbonyl (C=O) groups is 1. The Morgan fingerprint density at radius 3 is 2.71 bits per heavy atom. The van der Waals surface area contributed by atoms with Gasteiger partial charge in [-0.15, -0.1) is 0 Å². The summed E-state index contributed by atoms with van der Waals surface area (Å²) in [6.07, 6.45) is 7.25. The molecule has 0 unspecified atom stereocenters. The summed E-state index contributed by atoms with van der Waals surface area (Å²) >= 11 is 0. The van der Waals surface area contributed by atoms with E-state index in [2.05, 4.69) is 5.16 Å². The number of piperidine rings is 1. The third kappa shape index (κ3) is 2.37. The zero-order chi connectivity index (χ0) is 14.4. The number of ether oxygens (including phenoxy) is 1. The second-order valence-corrected chi connectivity index (χ2v) is 6.95. The molecule has 1 aromatic rings. The molecule has 0 atom stereocenters. The van der Waals surface area contributed by atoms with E-state index in [1.807, 2.05) is 11.0 Å². The summed E-state index contributed by atoms with van der Waals surface area (Å²) in [5, 5.41) is 3.96. The van der Waals surface area contributed by atoms with Gasteiger partial charge in [0.25, 0.3) is 5.91 Å². The van der Waals surface area contributed by atoms with E-state index >= 15 is 0 Å². The Balaban J connectivity index is 1.36. The molecule has 0 aromatic carbocycles. The highest BCUT2D eigenvalue weighted by atomic mass is 16.5. The third-order valence-corrected chi connectivity index (χ3v) is 5.49. The average Bonchev–Trinajstić information content (AvgIpc) is 3.22. The molecule has 3 aliphatic rings. The maximum atomic E-state index is 12.5. The van der Waals surface area contributed by atoms with Crippen LogP contribution in [0.1, 0.15) is 60.7 Å². The Morgan fingerprint density at radius 2 is 2.10 bits per heavy atom. The monoisotopic (exact) mass is 290 g/mol. The zero-order valence-corrected chi connectivity index (χ0v) is 12.5. The minimum atomic E-state index is 0.0307. The largest absolute Gasteiger partial charge is 0.381 e. The molecule has 2 aliphatic carbocycles. The van der Waals surface area contributed by atoms with Gasteiger partial charge in [0, 0.05) is 32.2 Å². The van der Waals surface area contributed by atoms with Crippen molar-refractivity contribution in [3.8, 4) is 0 Å². The van der Waals surface area contributed by atoms with Crippen molar-refractivity contribution in [2.45, 2.75) is 50.5 Å². The Labute approximate surface area is 124 Å². The van der Waals surface area contributed by atoms with Crippen LogP contribution in [0.5, 0.6) is 0 Å². The van der Waals surface area contributed by atoms with Crippen LogP contribution in [0, 0.1) is 5.41 Å². The fourth-order valence-corrected chi connectivity index (χ4v) is 3.78. The smallest absolute Gasteiger partial charge is 0.276 e. The van der Waals surface area contributed by atoms with Gasteiger partial charge in [-0.1, -0.05) is 5.16 Å². The number of hydrogen-bond acceptors (Lipinski definition) is 4. The highest BCUT2D eigenvalue weighted by Crippen LogP contribution is 2.50. The van der Waals surface area contributed by atoms with Gasteiger partial charge in [-0.2, -0.15) is 0 Å². The summed E-state index contributed by atoms with van der Waals surface area (Å²) in [6, 6.07) is 1.84. The lowest BCUT2D eigenvalue weighted by molar-refractivity contribution is -0.0841. The first-order valence-corrected chi connectivity index (χ1v) is 7.98. The first kappa shape index (κ1) is 13.3. The first-order chi connectivity index (χ1) is 10.2. The molecule has 1 amide bonds. The summed E-state index contributed by atoms with van der Waals surface area (Å²) in [4.78, 5) is 14.4. The summed E-state index contributed by atoms with van der Waals surface area (Å²) in [5.74, 6) is 1.42. The van der Waals surface area contributed by atoms with Crippen molar-refractivity contribution in [1.82, 2.24) is 10.1 Å². The van der Waals surface area contributed by atoms with Crippen molar-refractivity contribution in [3.05, 3.63) is 17.5 Å². The molecule has 2 heterocycles. The summed E-state index contributed by atoms with van der Waals surface area (Å²) < 4.78 is 10.7. The van der Waals surface area contributed by atoms with Gasteiger partial charge in [-0.25, -0.2) is 0 Å². The first-order valence-electron chi connectivity index (χ1n) is 7.98. The molecule has 1 aliphatic heterocycles. The second kappa shape index (κ2) is 4.83. The van der Waals surface area contributed by atoms with Crippen LogP contribution in [0.3, 0.4) is 0 Å². The molecule has 1 aromatic heterocycles.